The van der Waals surface area contributed by atoms with E-state index < -0.39 is 0 Å². The minimum atomic E-state index is -0.0356. The molecule has 0 atom stereocenters. The summed E-state index contributed by atoms with van der Waals surface area (Å²) < 4.78 is 11.4. The van der Waals surface area contributed by atoms with Crippen molar-refractivity contribution in [2.45, 2.75) is 239 Å². The molecule has 0 aromatic carbocycles. The highest BCUT2D eigenvalue weighted by Gasteiger charge is 2.14. The highest BCUT2D eigenvalue weighted by molar-refractivity contribution is 5.69. The number of ether oxygens (including phenoxy) is 2. The number of nitrogens with zero attached hydrogens (tertiary/aromatic N) is 1. The topological polar surface area (TPSA) is 88.1 Å². The number of esters is 2. The van der Waals surface area contributed by atoms with Crippen molar-refractivity contribution in [3.05, 3.63) is 0 Å². The molecule has 0 unspecified atom stereocenters. The van der Waals surface area contributed by atoms with Crippen LogP contribution in [0.5, 0.6) is 0 Å². The van der Waals surface area contributed by atoms with Crippen LogP contribution in [-0.2, 0) is 19.1 Å². The minimum Gasteiger partial charge on any atom is -0.466 e. The van der Waals surface area contributed by atoms with Crippen LogP contribution in [0.4, 0.5) is 0 Å². The van der Waals surface area contributed by atoms with Crippen molar-refractivity contribution in [3.63, 3.8) is 0 Å². The average molecular weight is 725 g/mol. The molecule has 304 valence electrons. The van der Waals surface area contributed by atoms with Crippen LogP contribution in [0, 0.1) is 0 Å². The highest BCUT2D eigenvalue weighted by atomic mass is 16.5. The summed E-state index contributed by atoms with van der Waals surface area (Å²) in [4.78, 5) is 24.7. The van der Waals surface area contributed by atoms with Gasteiger partial charge >= 0.3 is 11.9 Å². The summed E-state index contributed by atoms with van der Waals surface area (Å²) in [5, 5.41) is 11.6. The van der Waals surface area contributed by atoms with Gasteiger partial charge in [0.15, 0.2) is 0 Å². The fourth-order valence-corrected chi connectivity index (χ4v) is 6.81. The Morgan fingerprint density at radius 2 is 0.902 bits per heavy atom. The lowest BCUT2D eigenvalue weighted by Crippen LogP contribution is -2.41. The van der Waals surface area contributed by atoms with E-state index >= 15 is 0 Å². The number of hydrogen-bond donors (Lipinski definition) is 2. The summed E-state index contributed by atoms with van der Waals surface area (Å²) in [5.41, 5.74) is 3.38. The maximum atomic E-state index is 12.7. The zero-order chi connectivity index (χ0) is 37.3. The number of aliphatic hydroxyl groups is 1. The van der Waals surface area contributed by atoms with Gasteiger partial charge in [0.25, 0.3) is 0 Å². The number of hydrogen-bond acceptors (Lipinski definition) is 7. The number of carbonyl (C=O) groups is 2. The third-order valence-corrected chi connectivity index (χ3v) is 10.1. The Morgan fingerprint density at radius 1 is 0.510 bits per heavy atom. The molecular weight excluding hydrogens is 636 g/mol. The van der Waals surface area contributed by atoms with Gasteiger partial charge in [0, 0.05) is 32.5 Å². The molecule has 0 radical (unpaired) electrons. The summed E-state index contributed by atoms with van der Waals surface area (Å²) in [5.74, 6) is -0.0263. The minimum absolute atomic E-state index is 0.00933. The maximum absolute atomic E-state index is 12.7. The van der Waals surface area contributed by atoms with Crippen LogP contribution >= 0.6 is 0 Å². The molecule has 0 aromatic rings. The Kier molecular flexibility index (Phi) is 40.6. The summed E-state index contributed by atoms with van der Waals surface area (Å²) in [7, 11) is 0. The van der Waals surface area contributed by atoms with Crippen LogP contribution in [0.25, 0.3) is 0 Å². The number of hydrazine groups is 1. The smallest absolute Gasteiger partial charge is 0.306 e. The SMILES string of the molecule is CCCCCCCCCOC(=O)CCCCCCCN(CCCCCCCC(=O)OC(CCCCCCCC)CCCCCCCC)NCCO. The van der Waals surface area contributed by atoms with E-state index in [2.05, 4.69) is 31.2 Å². The summed E-state index contributed by atoms with van der Waals surface area (Å²) in [6.07, 6.45) is 38.1. The summed E-state index contributed by atoms with van der Waals surface area (Å²) >= 11 is 0. The third-order valence-electron chi connectivity index (χ3n) is 10.1. The molecule has 0 bridgehead atoms. The van der Waals surface area contributed by atoms with Gasteiger partial charge in [-0.2, -0.15) is 0 Å². The quantitative estimate of drug-likeness (QED) is 0.0368. The zero-order valence-electron chi connectivity index (χ0n) is 34.5. The second kappa shape index (κ2) is 41.6. The number of nitrogens with one attached hydrogen (secondary N) is 1. The van der Waals surface area contributed by atoms with E-state index in [-0.39, 0.29) is 24.6 Å². The molecule has 51 heavy (non-hydrogen) atoms. The fourth-order valence-electron chi connectivity index (χ4n) is 6.81. The van der Waals surface area contributed by atoms with E-state index in [1.54, 1.807) is 0 Å². The Labute approximate surface area is 317 Å². The van der Waals surface area contributed by atoms with Crippen LogP contribution in [0.1, 0.15) is 233 Å². The number of carbonyl (C=O) groups excluding carboxylic acids is 2. The first-order chi connectivity index (χ1) is 25.1. The first-order valence-electron chi connectivity index (χ1n) is 22.5. The van der Waals surface area contributed by atoms with Crippen LogP contribution in [0.3, 0.4) is 0 Å². The standard InChI is InChI=1S/C44H88N2O5/c1-4-7-10-13-16-25-32-41-50-43(48)35-28-21-17-23-30-38-46(45-37-40-47)39-31-24-18-22-29-36-44(49)51-42(33-26-19-14-11-8-5-2)34-27-20-15-12-9-6-3/h42,45,47H,4-41H2,1-3H3. The van der Waals surface area contributed by atoms with E-state index in [9.17, 15) is 14.7 Å². The molecule has 7 nitrogen and oxygen atoms in total. The lowest BCUT2D eigenvalue weighted by atomic mass is 10.0. The molecule has 2 N–H and O–H groups in total. The van der Waals surface area contributed by atoms with Crippen molar-refractivity contribution in [1.29, 1.82) is 0 Å². The van der Waals surface area contributed by atoms with Crippen molar-refractivity contribution in [2.75, 3.05) is 32.8 Å². The van der Waals surface area contributed by atoms with Crippen LogP contribution in [-0.4, -0.2) is 61.0 Å². The Balaban J connectivity index is 4.02. The molecule has 0 rings (SSSR count). The molecule has 0 aromatic heterocycles. The van der Waals surface area contributed by atoms with Crippen molar-refractivity contribution in [1.82, 2.24) is 10.4 Å². The van der Waals surface area contributed by atoms with Gasteiger partial charge in [0.05, 0.1) is 13.2 Å². The second-order valence-electron chi connectivity index (χ2n) is 15.2. The van der Waals surface area contributed by atoms with E-state index in [1.165, 1.54) is 116 Å². The summed E-state index contributed by atoms with van der Waals surface area (Å²) in [6, 6.07) is 0. The van der Waals surface area contributed by atoms with Crippen LogP contribution in [0.15, 0.2) is 0 Å². The van der Waals surface area contributed by atoms with E-state index in [4.69, 9.17) is 9.47 Å². The predicted molar refractivity (Wildman–Crippen MR) is 217 cm³/mol. The van der Waals surface area contributed by atoms with Gasteiger partial charge in [-0.05, 0) is 57.8 Å². The van der Waals surface area contributed by atoms with E-state index in [0.717, 1.165) is 96.6 Å². The largest absolute Gasteiger partial charge is 0.466 e. The second-order valence-corrected chi connectivity index (χ2v) is 15.2. The Bertz CT molecular complexity index is 706. The fraction of sp³-hybridized carbons (Fsp3) is 0.955. The van der Waals surface area contributed by atoms with E-state index in [1.807, 2.05) is 0 Å². The number of aliphatic hydroxyl groups excluding tert-OH is 1. The molecule has 0 saturated carbocycles. The van der Waals surface area contributed by atoms with Gasteiger partial charge in [-0.15, -0.1) is 0 Å². The van der Waals surface area contributed by atoms with Gasteiger partial charge < -0.3 is 14.6 Å². The van der Waals surface area contributed by atoms with Gasteiger partial charge in [0.1, 0.15) is 6.10 Å². The molecule has 0 amide bonds. The average Bonchev–Trinajstić information content (AvgIpc) is 3.13. The predicted octanol–water partition coefficient (Wildman–Crippen LogP) is 12.2. The molecule has 0 aliphatic carbocycles. The number of rotatable bonds is 42. The third kappa shape index (κ3) is 38.4. The highest BCUT2D eigenvalue weighted by Crippen LogP contribution is 2.18. The molecule has 0 aliphatic heterocycles. The molecule has 7 heteroatoms. The van der Waals surface area contributed by atoms with Crippen molar-refractivity contribution in [2.24, 2.45) is 0 Å². The van der Waals surface area contributed by atoms with Gasteiger partial charge in [-0.3, -0.25) is 15.0 Å². The molecule has 0 spiro atoms. The van der Waals surface area contributed by atoms with Crippen molar-refractivity contribution < 1.29 is 24.2 Å². The Morgan fingerprint density at radius 3 is 1.37 bits per heavy atom. The van der Waals surface area contributed by atoms with Crippen molar-refractivity contribution >= 4 is 11.9 Å². The molecule has 0 heterocycles. The monoisotopic (exact) mass is 725 g/mol. The lowest BCUT2D eigenvalue weighted by Gasteiger charge is -2.23. The number of unbranched alkanes of at least 4 members (excludes halogenated alkanes) is 24. The normalized spacial score (nSPS) is 11.6. The molecule has 0 fully saturated rings. The summed E-state index contributed by atoms with van der Waals surface area (Å²) in [6.45, 7) is 10.0. The van der Waals surface area contributed by atoms with Crippen LogP contribution in [0.2, 0.25) is 0 Å². The molecule has 0 aliphatic rings. The maximum Gasteiger partial charge on any atom is 0.306 e. The first-order valence-corrected chi connectivity index (χ1v) is 22.5. The van der Waals surface area contributed by atoms with Gasteiger partial charge in [-0.1, -0.05) is 162 Å². The molecule has 0 saturated heterocycles. The molecular formula is C44H88N2O5. The van der Waals surface area contributed by atoms with Gasteiger partial charge in [-0.25, -0.2) is 5.01 Å². The first kappa shape index (κ1) is 49.8. The lowest BCUT2D eigenvalue weighted by molar-refractivity contribution is -0.150. The zero-order valence-corrected chi connectivity index (χ0v) is 34.5. The van der Waals surface area contributed by atoms with E-state index in [0.29, 0.717) is 26.0 Å². The van der Waals surface area contributed by atoms with Gasteiger partial charge in [0.2, 0.25) is 0 Å². The van der Waals surface area contributed by atoms with Crippen molar-refractivity contribution in [3.8, 4) is 0 Å². The van der Waals surface area contributed by atoms with Crippen LogP contribution < -0.4 is 5.43 Å². The Hall–Kier alpha value is -1.18.